The summed E-state index contributed by atoms with van der Waals surface area (Å²) < 4.78 is 14.3. The standard InChI is InChI=1S/C10H10O4/c1-12-10(11)14-9-8(13-9)7-5-3-2-4-6-7/h2-6,8-9H,1H3/t8-,9-/m1/s1. The Hall–Kier alpha value is -1.55. The van der Waals surface area contributed by atoms with Gasteiger partial charge in [0.25, 0.3) is 0 Å². The Labute approximate surface area is 81.4 Å². The van der Waals surface area contributed by atoms with Gasteiger partial charge in [0.1, 0.15) is 6.10 Å². The average Bonchev–Trinajstić information content (AvgIpc) is 2.98. The fourth-order valence-electron chi connectivity index (χ4n) is 1.21. The van der Waals surface area contributed by atoms with Crippen molar-refractivity contribution >= 4 is 6.16 Å². The van der Waals surface area contributed by atoms with Gasteiger partial charge in [0.15, 0.2) is 0 Å². The monoisotopic (exact) mass is 194 g/mol. The molecule has 1 aliphatic heterocycles. The molecule has 2 atom stereocenters. The number of rotatable bonds is 2. The molecule has 1 saturated heterocycles. The number of ether oxygens (including phenoxy) is 3. The Bertz CT molecular complexity index is 322. The number of epoxide rings is 1. The number of hydrogen-bond acceptors (Lipinski definition) is 4. The summed E-state index contributed by atoms with van der Waals surface area (Å²) in [5, 5.41) is 0. The molecule has 0 aliphatic carbocycles. The minimum absolute atomic E-state index is 0.143. The molecule has 0 bridgehead atoms. The highest BCUT2D eigenvalue weighted by atomic mass is 16.8. The van der Waals surface area contributed by atoms with Crippen LogP contribution in [-0.2, 0) is 14.2 Å². The smallest absolute Gasteiger partial charge is 0.438 e. The van der Waals surface area contributed by atoms with Crippen LogP contribution in [0.1, 0.15) is 11.7 Å². The molecule has 0 unspecified atom stereocenters. The van der Waals surface area contributed by atoms with E-state index in [2.05, 4.69) is 4.74 Å². The molecule has 4 nitrogen and oxygen atoms in total. The number of hydrogen-bond donors (Lipinski definition) is 0. The first-order valence-electron chi connectivity index (χ1n) is 4.26. The summed E-state index contributed by atoms with van der Waals surface area (Å²) in [5.41, 5.74) is 1.00. The summed E-state index contributed by atoms with van der Waals surface area (Å²) in [6, 6.07) is 9.58. The van der Waals surface area contributed by atoms with Crippen LogP contribution < -0.4 is 0 Å². The van der Waals surface area contributed by atoms with Gasteiger partial charge in [0, 0.05) is 0 Å². The molecule has 1 aromatic rings. The summed E-state index contributed by atoms with van der Waals surface area (Å²) >= 11 is 0. The predicted octanol–water partition coefficient (Wildman–Crippen LogP) is 1.87. The Morgan fingerprint density at radius 2 is 2.07 bits per heavy atom. The van der Waals surface area contributed by atoms with Crippen molar-refractivity contribution in [3.05, 3.63) is 35.9 Å². The Balaban J connectivity index is 1.91. The largest absolute Gasteiger partial charge is 0.510 e. The Kier molecular flexibility index (Phi) is 2.37. The zero-order chi connectivity index (χ0) is 9.97. The molecule has 0 amide bonds. The minimum atomic E-state index is -0.714. The normalized spacial score (nSPS) is 24.1. The van der Waals surface area contributed by atoms with Gasteiger partial charge in [-0.2, -0.15) is 0 Å². The zero-order valence-electron chi connectivity index (χ0n) is 7.67. The molecule has 0 N–H and O–H groups in total. The van der Waals surface area contributed by atoms with Gasteiger partial charge in [-0.05, 0) is 5.56 Å². The van der Waals surface area contributed by atoms with Crippen molar-refractivity contribution in [2.45, 2.75) is 12.4 Å². The van der Waals surface area contributed by atoms with Crippen LogP contribution >= 0.6 is 0 Å². The summed E-state index contributed by atoms with van der Waals surface area (Å²) in [6.45, 7) is 0. The molecular weight excluding hydrogens is 184 g/mol. The van der Waals surface area contributed by atoms with Crippen LogP contribution in [0.15, 0.2) is 30.3 Å². The quantitative estimate of drug-likeness (QED) is 0.532. The van der Waals surface area contributed by atoms with Crippen molar-refractivity contribution in [2.24, 2.45) is 0 Å². The molecule has 1 heterocycles. The molecule has 0 aromatic heterocycles. The van der Waals surface area contributed by atoms with Crippen LogP contribution in [0.4, 0.5) is 4.79 Å². The van der Waals surface area contributed by atoms with Crippen LogP contribution in [0.25, 0.3) is 0 Å². The summed E-state index contributed by atoms with van der Waals surface area (Å²) in [6.07, 6.45) is -1.35. The van der Waals surface area contributed by atoms with Crippen molar-refractivity contribution < 1.29 is 19.0 Å². The SMILES string of the molecule is COC(=O)O[C@H]1O[C@@H]1c1ccccc1. The number of methoxy groups -OCH3 is 1. The molecule has 1 aromatic carbocycles. The number of benzene rings is 1. The number of carbonyl (C=O) groups is 1. The van der Waals surface area contributed by atoms with Crippen LogP contribution in [0.3, 0.4) is 0 Å². The maximum Gasteiger partial charge on any atom is 0.510 e. The van der Waals surface area contributed by atoms with Gasteiger partial charge in [-0.15, -0.1) is 0 Å². The second-order valence-corrected chi connectivity index (χ2v) is 2.91. The molecule has 74 valence electrons. The van der Waals surface area contributed by atoms with Gasteiger partial charge in [0.2, 0.25) is 6.29 Å². The molecule has 1 fully saturated rings. The Morgan fingerprint density at radius 1 is 1.36 bits per heavy atom. The van der Waals surface area contributed by atoms with E-state index in [0.29, 0.717) is 0 Å². The molecule has 4 heteroatoms. The predicted molar refractivity (Wildman–Crippen MR) is 47.5 cm³/mol. The molecule has 14 heavy (non-hydrogen) atoms. The maximum atomic E-state index is 10.7. The van der Waals surface area contributed by atoms with Crippen LogP contribution in [0.2, 0.25) is 0 Å². The van der Waals surface area contributed by atoms with E-state index in [1.165, 1.54) is 7.11 Å². The van der Waals surface area contributed by atoms with E-state index in [1.54, 1.807) is 0 Å². The lowest BCUT2D eigenvalue weighted by atomic mass is 10.2. The maximum absolute atomic E-state index is 10.7. The molecule has 0 radical (unpaired) electrons. The molecule has 0 spiro atoms. The van der Waals surface area contributed by atoms with Crippen LogP contribution in [-0.4, -0.2) is 19.6 Å². The first kappa shape index (κ1) is 9.02. The van der Waals surface area contributed by atoms with E-state index in [1.807, 2.05) is 30.3 Å². The number of carbonyl (C=O) groups excluding carboxylic acids is 1. The van der Waals surface area contributed by atoms with Crippen molar-refractivity contribution in [3.63, 3.8) is 0 Å². The van der Waals surface area contributed by atoms with Crippen molar-refractivity contribution in [3.8, 4) is 0 Å². The van der Waals surface area contributed by atoms with E-state index in [4.69, 9.17) is 9.47 Å². The summed E-state index contributed by atoms with van der Waals surface area (Å²) in [5.74, 6) is 0. The second-order valence-electron chi connectivity index (χ2n) is 2.91. The average molecular weight is 194 g/mol. The highest BCUT2D eigenvalue weighted by Crippen LogP contribution is 2.39. The first-order chi connectivity index (χ1) is 6.81. The van der Waals surface area contributed by atoms with E-state index in [-0.39, 0.29) is 6.10 Å². The fraction of sp³-hybridized carbons (Fsp3) is 0.300. The third-order valence-corrected chi connectivity index (χ3v) is 1.96. The molecule has 0 saturated carbocycles. The lowest BCUT2D eigenvalue weighted by molar-refractivity contribution is 0.0359. The third kappa shape index (κ3) is 1.85. The summed E-state index contributed by atoms with van der Waals surface area (Å²) in [4.78, 5) is 10.7. The van der Waals surface area contributed by atoms with Gasteiger partial charge in [-0.25, -0.2) is 4.79 Å². The molecule has 2 rings (SSSR count). The Morgan fingerprint density at radius 3 is 2.71 bits per heavy atom. The topological polar surface area (TPSA) is 48.1 Å². The second kappa shape index (κ2) is 3.67. The van der Waals surface area contributed by atoms with E-state index >= 15 is 0 Å². The fourth-order valence-corrected chi connectivity index (χ4v) is 1.21. The third-order valence-electron chi connectivity index (χ3n) is 1.96. The van der Waals surface area contributed by atoms with Crippen molar-refractivity contribution in [2.75, 3.05) is 7.11 Å². The van der Waals surface area contributed by atoms with Crippen molar-refractivity contribution in [1.29, 1.82) is 0 Å². The van der Waals surface area contributed by atoms with Gasteiger partial charge < -0.3 is 14.2 Å². The zero-order valence-corrected chi connectivity index (χ0v) is 7.67. The van der Waals surface area contributed by atoms with Crippen LogP contribution in [0.5, 0.6) is 0 Å². The first-order valence-corrected chi connectivity index (χ1v) is 4.26. The van der Waals surface area contributed by atoms with Gasteiger partial charge in [0.05, 0.1) is 7.11 Å². The minimum Gasteiger partial charge on any atom is -0.438 e. The lowest BCUT2D eigenvalue weighted by Gasteiger charge is -1.97. The summed E-state index contributed by atoms with van der Waals surface area (Å²) in [7, 11) is 1.27. The lowest BCUT2D eigenvalue weighted by Crippen LogP contribution is -2.07. The highest BCUT2D eigenvalue weighted by molar-refractivity contribution is 5.60. The van der Waals surface area contributed by atoms with Gasteiger partial charge >= 0.3 is 6.16 Å². The van der Waals surface area contributed by atoms with E-state index < -0.39 is 12.4 Å². The van der Waals surface area contributed by atoms with Crippen LogP contribution in [0, 0.1) is 0 Å². The van der Waals surface area contributed by atoms with Gasteiger partial charge in [-0.3, -0.25) is 0 Å². The van der Waals surface area contributed by atoms with Crippen molar-refractivity contribution in [1.82, 2.24) is 0 Å². The highest BCUT2D eigenvalue weighted by Gasteiger charge is 2.44. The van der Waals surface area contributed by atoms with E-state index in [9.17, 15) is 4.79 Å². The molecular formula is C10H10O4. The molecule has 1 aliphatic rings. The van der Waals surface area contributed by atoms with E-state index in [0.717, 1.165) is 5.56 Å². The van der Waals surface area contributed by atoms with Gasteiger partial charge in [-0.1, -0.05) is 30.3 Å².